The molecule has 0 atom stereocenters. The van der Waals surface area contributed by atoms with Crippen LogP contribution >= 0.6 is 0 Å². The van der Waals surface area contributed by atoms with E-state index in [1.54, 1.807) is 6.92 Å². The van der Waals surface area contributed by atoms with Crippen molar-refractivity contribution in [2.24, 2.45) is 0 Å². The van der Waals surface area contributed by atoms with Crippen LogP contribution in [0.2, 0.25) is 0 Å². The van der Waals surface area contributed by atoms with Crippen molar-refractivity contribution in [3.8, 4) is 0 Å². The van der Waals surface area contributed by atoms with E-state index in [1.807, 2.05) is 11.8 Å². The molecule has 1 aromatic heterocycles. The summed E-state index contributed by atoms with van der Waals surface area (Å²) in [4.78, 5) is 22.7. The maximum atomic E-state index is 11.4. The van der Waals surface area contributed by atoms with Gasteiger partial charge in [0, 0.05) is 42.7 Å². The van der Waals surface area contributed by atoms with Crippen LogP contribution in [0, 0.1) is 13.8 Å². The highest BCUT2D eigenvalue weighted by molar-refractivity contribution is 5.73. The molecule has 0 spiro atoms. The molecule has 1 saturated heterocycles. The maximum absolute atomic E-state index is 11.4. The quantitative estimate of drug-likeness (QED) is 0.913. The average molecular weight is 304 g/mol. The standard InChI is InChI=1S/C17H28N4O/c1-11-12(2)18-16(17(4,5)6)20-15(11)19-14-7-9-21(10-8-14)13(3)22/h14H,7-10H2,1-6H3,(H,18,19,20). The molecule has 1 aromatic rings. The Bertz CT molecular complexity index is 555. The van der Waals surface area contributed by atoms with Crippen molar-refractivity contribution in [1.29, 1.82) is 0 Å². The summed E-state index contributed by atoms with van der Waals surface area (Å²) in [5, 5.41) is 3.57. The van der Waals surface area contributed by atoms with E-state index in [-0.39, 0.29) is 11.3 Å². The van der Waals surface area contributed by atoms with Gasteiger partial charge in [-0.3, -0.25) is 4.79 Å². The zero-order valence-corrected chi connectivity index (χ0v) is 14.7. The molecular formula is C17H28N4O. The molecule has 5 nitrogen and oxygen atoms in total. The van der Waals surface area contributed by atoms with Crippen LogP contribution in [-0.4, -0.2) is 39.9 Å². The molecule has 0 bridgehead atoms. The number of aromatic nitrogens is 2. The summed E-state index contributed by atoms with van der Waals surface area (Å²) < 4.78 is 0. The first-order valence-electron chi connectivity index (χ1n) is 8.06. The third-order valence-corrected chi connectivity index (χ3v) is 4.34. The molecule has 1 N–H and O–H groups in total. The van der Waals surface area contributed by atoms with E-state index in [4.69, 9.17) is 4.98 Å². The van der Waals surface area contributed by atoms with E-state index in [1.165, 1.54) is 0 Å². The Morgan fingerprint density at radius 2 is 1.77 bits per heavy atom. The first-order chi connectivity index (χ1) is 10.2. The number of piperidine rings is 1. The second-order valence-electron chi connectivity index (χ2n) is 7.28. The van der Waals surface area contributed by atoms with E-state index >= 15 is 0 Å². The van der Waals surface area contributed by atoms with Crippen LogP contribution < -0.4 is 5.32 Å². The Hall–Kier alpha value is -1.65. The summed E-state index contributed by atoms with van der Waals surface area (Å²) in [6.45, 7) is 13.8. The molecule has 1 aliphatic heterocycles. The Morgan fingerprint density at radius 1 is 1.18 bits per heavy atom. The number of nitrogens with one attached hydrogen (secondary N) is 1. The van der Waals surface area contributed by atoms with Crippen molar-refractivity contribution in [1.82, 2.24) is 14.9 Å². The molecule has 0 radical (unpaired) electrons. The van der Waals surface area contributed by atoms with Gasteiger partial charge in [0.2, 0.25) is 5.91 Å². The second-order valence-corrected chi connectivity index (χ2v) is 7.28. The smallest absolute Gasteiger partial charge is 0.219 e. The Morgan fingerprint density at radius 3 is 2.27 bits per heavy atom. The van der Waals surface area contributed by atoms with Crippen molar-refractivity contribution in [2.45, 2.75) is 65.8 Å². The van der Waals surface area contributed by atoms with Crippen LogP contribution in [0.25, 0.3) is 0 Å². The van der Waals surface area contributed by atoms with Gasteiger partial charge in [-0.1, -0.05) is 20.8 Å². The summed E-state index contributed by atoms with van der Waals surface area (Å²) >= 11 is 0. The molecule has 1 fully saturated rings. The number of hydrogen-bond acceptors (Lipinski definition) is 4. The molecule has 22 heavy (non-hydrogen) atoms. The van der Waals surface area contributed by atoms with E-state index in [0.717, 1.165) is 48.8 Å². The molecule has 0 unspecified atom stereocenters. The highest BCUT2D eigenvalue weighted by atomic mass is 16.2. The predicted octanol–water partition coefficient (Wildman–Crippen LogP) is 2.81. The first kappa shape index (κ1) is 16.7. The van der Waals surface area contributed by atoms with E-state index in [9.17, 15) is 4.79 Å². The lowest BCUT2D eigenvalue weighted by Crippen LogP contribution is -2.41. The van der Waals surface area contributed by atoms with Crippen molar-refractivity contribution in [3.05, 3.63) is 17.1 Å². The summed E-state index contributed by atoms with van der Waals surface area (Å²) in [7, 11) is 0. The molecule has 0 saturated carbocycles. The average Bonchev–Trinajstić information content (AvgIpc) is 2.43. The normalized spacial score (nSPS) is 16.7. The third-order valence-electron chi connectivity index (χ3n) is 4.34. The van der Waals surface area contributed by atoms with E-state index in [2.05, 4.69) is 38.0 Å². The van der Waals surface area contributed by atoms with Crippen LogP contribution in [0.1, 0.15) is 57.6 Å². The van der Waals surface area contributed by atoms with Gasteiger partial charge in [0.25, 0.3) is 0 Å². The zero-order chi connectivity index (χ0) is 16.5. The molecule has 1 amide bonds. The second kappa shape index (κ2) is 6.23. The van der Waals surface area contributed by atoms with Crippen LogP contribution in [0.3, 0.4) is 0 Å². The number of carbonyl (C=O) groups excluding carboxylic acids is 1. The molecule has 2 heterocycles. The van der Waals surface area contributed by atoms with Crippen LogP contribution in [0.4, 0.5) is 5.82 Å². The van der Waals surface area contributed by atoms with E-state index in [0.29, 0.717) is 6.04 Å². The van der Waals surface area contributed by atoms with Gasteiger partial charge in [-0.15, -0.1) is 0 Å². The number of hydrogen-bond donors (Lipinski definition) is 1. The van der Waals surface area contributed by atoms with Crippen molar-refractivity contribution >= 4 is 11.7 Å². The molecule has 122 valence electrons. The van der Waals surface area contributed by atoms with Gasteiger partial charge in [0.15, 0.2) is 0 Å². The fourth-order valence-electron chi connectivity index (χ4n) is 2.64. The van der Waals surface area contributed by atoms with Crippen molar-refractivity contribution < 1.29 is 4.79 Å². The monoisotopic (exact) mass is 304 g/mol. The molecular weight excluding hydrogens is 276 g/mol. The lowest BCUT2D eigenvalue weighted by Gasteiger charge is -2.32. The van der Waals surface area contributed by atoms with Gasteiger partial charge < -0.3 is 10.2 Å². The van der Waals surface area contributed by atoms with Gasteiger partial charge >= 0.3 is 0 Å². The minimum absolute atomic E-state index is 0.0626. The zero-order valence-electron chi connectivity index (χ0n) is 14.7. The van der Waals surface area contributed by atoms with Crippen LogP contribution in [-0.2, 0) is 10.2 Å². The Balaban J connectivity index is 2.13. The highest BCUT2D eigenvalue weighted by Crippen LogP contribution is 2.25. The molecule has 0 aliphatic carbocycles. The molecule has 1 aliphatic rings. The number of carbonyl (C=O) groups is 1. The Kier molecular flexibility index (Phi) is 4.73. The minimum atomic E-state index is -0.0626. The van der Waals surface area contributed by atoms with Crippen molar-refractivity contribution in [2.75, 3.05) is 18.4 Å². The fourth-order valence-corrected chi connectivity index (χ4v) is 2.64. The molecule has 2 rings (SSSR count). The van der Waals surface area contributed by atoms with Gasteiger partial charge in [-0.05, 0) is 26.7 Å². The summed E-state index contributed by atoms with van der Waals surface area (Å²) in [6, 6.07) is 0.372. The summed E-state index contributed by atoms with van der Waals surface area (Å²) in [6.07, 6.45) is 1.93. The van der Waals surface area contributed by atoms with Gasteiger partial charge in [-0.2, -0.15) is 0 Å². The SMILES string of the molecule is CC(=O)N1CCC(Nc2nc(C(C)(C)C)nc(C)c2C)CC1. The molecule has 0 aromatic carbocycles. The number of anilines is 1. The number of nitrogens with zero attached hydrogens (tertiary/aromatic N) is 3. The van der Waals surface area contributed by atoms with E-state index < -0.39 is 0 Å². The first-order valence-corrected chi connectivity index (χ1v) is 8.06. The molecule has 5 heteroatoms. The number of rotatable bonds is 2. The third kappa shape index (κ3) is 3.76. The lowest BCUT2D eigenvalue weighted by atomic mass is 9.95. The highest BCUT2D eigenvalue weighted by Gasteiger charge is 2.24. The summed E-state index contributed by atoms with van der Waals surface area (Å²) in [5.41, 5.74) is 2.08. The minimum Gasteiger partial charge on any atom is -0.367 e. The Labute approximate surface area is 133 Å². The van der Waals surface area contributed by atoms with Crippen LogP contribution in [0.5, 0.6) is 0 Å². The predicted molar refractivity (Wildman–Crippen MR) is 89.1 cm³/mol. The number of amides is 1. The maximum Gasteiger partial charge on any atom is 0.219 e. The van der Waals surface area contributed by atoms with Gasteiger partial charge in [0.1, 0.15) is 11.6 Å². The summed E-state index contributed by atoms with van der Waals surface area (Å²) in [5.74, 6) is 1.99. The van der Waals surface area contributed by atoms with Gasteiger partial charge in [-0.25, -0.2) is 9.97 Å². The van der Waals surface area contributed by atoms with Gasteiger partial charge in [0.05, 0.1) is 0 Å². The van der Waals surface area contributed by atoms with Crippen LogP contribution in [0.15, 0.2) is 0 Å². The fraction of sp³-hybridized carbons (Fsp3) is 0.706. The lowest BCUT2D eigenvalue weighted by molar-refractivity contribution is -0.129. The topological polar surface area (TPSA) is 58.1 Å². The number of likely N-dealkylation sites (tertiary alicyclic amines) is 1. The largest absolute Gasteiger partial charge is 0.367 e. The number of aryl methyl sites for hydroxylation is 1. The van der Waals surface area contributed by atoms with Crippen molar-refractivity contribution in [3.63, 3.8) is 0 Å².